The third kappa shape index (κ3) is 6.00. The third-order valence-corrected chi connectivity index (χ3v) is 7.64. The van der Waals surface area contributed by atoms with Crippen molar-refractivity contribution in [1.29, 1.82) is 0 Å². The lowest BCUT2D eigenvalue weighted by molar-refractivity contribution is 0.153. The summed E-state index contributed by atoms with van der Waals surface area (Å²) >= 11 is 0. The molecular weight excluding hydrogens is 425 g/mol. The molecule has 1 fully saturated rings. The summed E-state index contributed by atoms with van der Waals surface area (Å²) in [6, 6.07) is 15.2. The average Bonchev–Trinajstić information content (AvgIpc) is 3.18. The zero-order valence-corrected chi connectivity index (χ0v) is 19.6. The van der Waals surface area contributed by atoms with Crippen LogP contribution in [0.15, 0.2) is 42.5 Å². The van der Waals surface area contributed by atoms with Crippen LogP contribution in [0.3, 0.4) is 0 Å². The molecule has 174 valence electrons. The van der Waals surface area contributed by atoms with Crippen molar-refractivity contribution in [3.63, 3.8) is 0 Å². The second-order valence-electron chi connectivity index (χ2n) is 9.59. The van der Waals surface area contributed by atoms with Gasteiger partial charge in [-0.15, -0.1) is 0 Å². The van der Waals surface area contributed by atoms with Gasteiger partial charge in [0.25, 0.3) is 0 Å². The third-order valence-electron chi connectivity index (χ3n) is 7.17. The van der Waals surface area contributed by atoms with Crippen LogP contribution >= 0.6 is 7.82 Å². The van der Waals surface area contributed by atoms with Gasteiger partial charge in [0.1, 0.15) is 5.75 Å². The highest BCUT2D eigenvalue weighted by Crippen LogP contribution is 2.44. The minimum Gasteiger partial charge on any atom is -0.497 e. The van der Waals surface area contributed by atoms with Crippen molar-refractivity contribution >= 4 is 7.82 Å². The maximum absolute atomic E-state index is 11.0. The lowest BCUT2D eigenvalue weighted by Gasteiger charge is -2.27. The first kappa shape index (κ1) is 23.5. The molecule has 32 heavy (non-hydrogen) atoms. The zero-order chi connectivity index (χ0) is 22.8. The molecule has 2 aromatic rings. The van der Waals surface area contributed by atoms with Crippen molar-refractivity contribution in [3.8, 4) is 5.75 Å². The van der Waals surface area contributed by atoms with Crippen molar-refractivity contribution in [2.75, 3.05) is 13.7 Å². The number of hydrogen-bond acceptors (Lipinski definition) is 4. The van der Waals surface area contributed by atoms with Gasteiger partial charge in [0.15, 0.2) is 0 Å². The van der Waals surface area contributed by atoms with Gasteiger partial charge >= 0.3 is 7.82 Å². The number of methoxy groups -OCH3 is 1. The fraction of sp³-hybridized carbons (Fsp3) is 0.520. The summed E-state index contributed by atoms with van der Waals surface area (Å²) in [6.07, 6.45) is 8.02. The Bertz CT molecular complexity index is 990. The van der Waals surface area contributed by atoms with Crippen molar-refractivity contribution in [2.24, 2.45) is 11.7 Å². The lowest BCUT2D eigenvalue weighted by atomic mass is 9.79. The van der Waals surface area contributed by atoms with E-state index in [1.807, 2.05) is 6.07 Å². The molecule has 0 aliphatic heterocycles. The Kier molecular flexibility index (Phi) is 7.09. The van der Waals surface area contributed by atoms with Crippen LogP contribution in [0, 0.1) is 5.92 Å². The summed E-state index contributed by atoms with van der Waals surface area (Å²) in [7, 11) is -2.78. The molecule has 0 radical (unpaired) electrons. The number of rotatable bonds is 8. The number of hydrogen-bond donors (Lipinski definition) is 3. The van der Waals surface area contributed by atoms with Gasteiger partial charge in [0, 0.05) is 5.54 Å². The number of benzene rings is 2. The van der Waals surface area contributed by atoms with Gasteiger partial charge in [-0.3, -0.25) is 4.52 Å². The Morgan fingerprint density at radius 3 is 2.78 bits per heavy atom. The van der Waals surface area contributed by atoms with E-state index in [0.717, 1.165) is 31.4 Å². The number of aryl methyl sites for hydroxylation is 2. The molecule has 2 aliphatic rings. The van der Waals surface area contributed by atoms with E-state index in [9.17, 15) is 4.57 Å². The molecule has 0 heterocycles. The van der Waals surface area contributed by atoms with E-state index in [0.29, 0.717) is 24.7 Å². The van der Waals surface area contributed by atoms with Crippen LogP contribution in [-0.4, -0.2) is 29.0 Å². The SMILES string of the molecule is COc1cccc(CC[C@H]2CCc3cc([C@H]4CC[C@@](N)(COP(=O)(O)O)C4)ccc3C2)c1. The van der Waals surface area contributed by atoms with Gasteiger partial charge in [-0.2, -0.15) is 0 Å². The summed E-state index contributed by atoms with van der Waals surface area (Å²) in [5.74, 6) is 1.94. The van der Waals surface area contributed by atoms with E-state index in [-0.39, 0.29) is 6.61 Å². The maximum atomic E-state index is 11.0. The fourth-order valence-corrected chi connectivity index (χ4v) is 5.76. The molecule has 0 amide bonds. The summed E-state index contributed by atoms with van der Waals surface area (Å²) in [6.45, 7) is -0.103. The van der Waals surface area contributed by atoms with Crippen molar-refractivity contribution < 1.29 is 23.6 Å². The first-order valence-corrected chi connectivity index (χ1v) is 13.0. The first-order chi connectivity index (χ1) is 15.2. The Morgan fingerprint density at radius 1 is 1.16 bits per heavy atom. The number of nitrogens with two attached hydrogens (primary N) is 1. The summed E-state index contributed by atoms with van der Waals surface area (Å²) in [4.78, 5) is 18.0. The number of phosphoric acid groups is 1. The molecule has 7 heteroatoms. The van der Waals surface area contributed by atoms with Crippen LogP contribution in [-0.2, 0) is 28.4 Å². The molecule has 6 nitrogen and oxygen atoms in total. The number of fused-ring (bicyclic) bond motifs is 1. The van der Waals surface area contributed by atoms with Crippen molar-refractivity contribution in [1.82, 2.24) is 0 Å². The number of phosphoric ester groups is 1. The van der Waals surface area contributed by atoms with Crippen LogP contribution < -0.4 is 10.5 Å². The van der Waals surface area contributed by atoms with E-state index in [1.54, 1.807) is 7.11 Å². The molecular formula is C25H34NO5P. The molecule has 4 N–H and O–H groups in total. The van der Waals surface area contributed by atoms with Crippen LogP contribution in [0.1, 0.15) is 60.3 Å². The summed E-state index contributed by atoms with van der Waals surface area (Å²) < 4.78 is 21.1. The van der Waals surface area contributed by atoms with Crippen molar-refractivity contribution in [2.45, 2.75) is 62.8 Å². The predicted molar refractivity (Wildman–Crippen MR) is 125 cm³/mol. The van der Waals surface area contributed by atoms with Gasteiger partial charge in [0.2, 0.25) is 0 Å². The highest BCUT2D eigenvalue weighted by Gasteiger charge is 2.38. The second-order valence-corrected chi connectivity index (χ2v) is 10.8. The van der Waals surface area contributed by atoms with Gasteiger partial charge in [-0.25, -0.2) is 4.57 Å². The minimum atomic E-state index is -4.49. The molecule has 0 bridgehead atoms. The van der Waals surface area contributed by atoms with E-state index in [1.165, 1.54) is 35.1 Å². The minimum absolute atomic E-state index is 0.103. The van der Waals surface area contributed by atoms with Crippen LogP contribution in [0.25, 0.3) is 0 Å². The predicted octanol–water partition coefficient (Wildman–Crippen LogP) is 4.51. The second kappa shape index (κ2) is 9.66. The van der Waals surface area contributed by atoms with E-state index in [2.05, 4.69) is 36.4 Å². The topological polar surface area (TPSA) is 102 Å². The fourth-order valence-electron chi connectivity index (χ4n) is 5.33. The number of ether oxygens (including phenoxy) is 1. The van der Waals surface area contributed by atoms with E-state index in [4.69, 9.17) is 24.8 Å². The molecule has 3 atom stereocenters. The summed E-state index contributed by atoms with van der Waals surface area (Å²) in [5.41, 5.74) is 11.2. The van der Waals surface area contributed by atoms with Gasteiger partial charge < -0.3 is 20.3 Å². The normalized spacial score (nSPS) is 25.5. The maximum Gasteiger partial charge on any atom is 0.469 e. The molecule has 2 aromatic carbocycles. The zero-order valence-electron chi connectivity index (χ0n) is 18.7. The molecule has 0 unspecified atom stereocenters. The summed E-state index contributed by atoms with van der Waals surface area (Å²) in [5, 5.41) is 0. The van der Waals surface area contributed by atoms with Crippen LogP contribution in [0.2, 0.25) is 0 Å². The van der Waals surface area contributed by atoms with E-state index < -0.39 is 13.4 Å². The highest BCUT2D eigenvalue weighted by atomic mass is 31.2. The smallest absolute Gasteiger partial charge is 0.469 e. The Balaban J connectivity index is 1.34. The van der Waals surface area contributed by atoms with Crippen LogP contribution in [0.5, 0.6) is 5.75 Å². The van der Waals surface area contributed by atoms with Crippen molar-refractivity contribution in [3.05, 3.63) is 64.7 Å². The molecule has 0 spiro atoms. The van der Waals surface area contributed by atoms with E-state index >= 15 is 0 Å². The van der Waals surface area contributed by atoms with Crippen LogP contribution in [0.4, 0.5) is 0 Å². The standard InChI is InChI=1S/C25H34NO5P/c1-30-24-4-2-3-18(14-24)5-6-19-7-8-21-15-22(10-9-20(21)13-19)23-11-12-25(26,16-23)17-31-32(27,28)29/h2-4,9-10,14-15,19,23H,5-8,11-13,16-17,26H2,1H3,(H2,27,28,29)/t19-,23-,25-/m0/s1. The largest absolute Gasteiger partial charge is 0.497 e. The quantitative estimate of drug-likeness (QED) is 0.502. The molecule has 4 rings (SSSR count). The monoisotopic (exact) mass is 459 g/mol. The van der Waals surface area contributed by atoms with Gasteiger partial charge in [-0.1, -0.05) is 30.3 Å². The first-order valence-electron chi connectivity index (χ1n) is 11.5. The molecule has 2 aliphatic carbocycles. The van der Waals surface area contributed by atoms with Gasteiger partial charge in [-0.05, 0) is 97.6 Å². The van der Waals surface area contributed by atoms with Gasteiger partial charge in [0.05, 0.1) is 13.7 Å². The highest BCUT2D eigenvalue weighted by molar-refractivity contribution is 7.46. The molecule has 1 saturated carbocycles. The Labute approximate surface area is 190 Å². The average molecular weight is 460 g/mol. The molecule has 0 saturated heterocycles. The Hall–Kier alpha value is -1.69. The molecule has 0 aromatic heterocycles. The lowest BCUT2D eigenvalue weighted by Crippen LogP contribution is -2.41. The Morgan fingerprint density at radius 2 is 2.00 bits per heavy atom.